The van der Waals surface area contributed by atoms with E-state index in [2.05, 4.69) is 15.5 Å². The molecule has 2 heterocycles. The third-order valence-electron chi connectivity index (χ3n) is 4.18. The van der Waals surface area contributed by atoms with Crippen molar-refractivity contribution in [2.75, 3.05) is 5.75 Å². The second-order valence-corrected chi connectivity index (χ2v) is 9.29. The zero-order chi connectivity index (χ0) is 20.9. The quantitative estimate of drug-likeness (QED) is 0.516. The van der Waals surface area contributed by atoms with Gasteiger partial charge in [0.15, 0.2) is 15.0 Å². The molecule has 0 spiro atoms. The van der Waals surface area contributed by atoms with E-state index in [-0.39, 0.29) is 22.3 Å². The van der Waals surface area contributed by atoms with Crippen LogP contribution in [0.25, 0.3) is 0 Å². The number of aryl methyl sites for hydroxylation is 1. The zero-order valence-electron chi connectivity index (χ0n) is 16.2. The summed E-state index contributed by atoms with van der Waals surface area (Å²) in [5.74, 6) is 0.743. The van der Waals surface area contributed by atoms with Gasteiger partial charge in [-0.05, 0) is 38.1 Å². The van der Waals surface area contributed by atoms with Gasteiger partial charge in [0.25, 0.3) is 0 Å². The predicted molar refractivity (Wildman–Crippen MR) is 109 cm³/mol. The lowest BCUT2D eigenvalue weighted by Crippen LogP contribution is -2.24. The highest BCUT2D eigenvalue weighted by atomic mass is 32.2. The fraction of sp³-hybridized carbons (Fsp3) is 0.316. The highest BCUT2D eigenvalue weighted by molar-refractivity contribution is 7.99. The molecule has 1 N–H and O–H groups in total. The summed E-state index contributed by atoms with van der Waals surface area (Å²) in [6.45, 7) is 4.60. The number of rotatable bonds is 9. The maximum Gasteiger partial charge on any atom is 0.230 e. The van der Waals surface area contributed by atoms with Gasteiger partial charge in [0.1, 0.15) is 17.3 Å². The Bertz CT molecular complexity index is 1060. The minimum atomic E-state index is -3.54. The van der Waals surface area contributed by atoms with Crippen LogP contribution in [-0.2, 0) is 33.5 Å². The first-order chi connectivity index (χ1) is 13.9. The Balaban J connectivity index is 1.63. The molecule has 154 valence electrons. The number of hydrogen-bond acceptors (Lipinski definition) is 7. The second kappa shape index (κ2) is 9.27. The van der Waals surface area contributed by atoms with Crippen LogP contribution < -0.4 is 5.32 Å². The van der Waals surface area contributed by atoms with E-state index in [0.717, 1.165) is 5.56 Å². The normalized spacial score (nSPS) is 11.5. The van der Waals surface area contributed by atoms with Crippen molar-refractivity contribution in [1.29, 1.82) is 0 Å². The summed E-state index contributed by atoms with van der Waals surface area (Å²) < 4.78 is 32.3. The molecule has 0 bridgehead atoms. The van der Waals surface area contributed by atoms with Gasteiger partial charge in [-0.2, -0.15) is 0 Å². The molecule has 0 fully saturated rings. The number of aromatic nitrogens is 3. The SMILES string of the molecule is CCn1c(CS(=O)(=O)c2ccc(C)cc2)nnc1SCC(=O)NCc1ccco1. The zero-order valence-corrected chi connectivity index (χ0v) is 17.8. The van der Waals surface area contributed by atoms with Crippen LogP contribution in [0, 0.1) is 6.92 Å². The summed E-state index contributed by atoms with van der Waals surface area (Å²) in [7, 11) is -3.54. The van der Waals surface area contributed by atoms with Crippen molar-refractivity contribution in [3.63, 3.8) is 0 Å². The molecular weight excluding hydrogens is 412 g/mol. The van der Waals surface area contributed by atoms with Gasteiger partial charge >= 0.3 is 0 Å². The minimum absolute atomic E-state index is 0.142. The second-order valence-electron chi connectivity index (χ2n) is 6.36. The molecule has 2 aromatic heterocycles. The number of furan rings is 1. The number of carbonyl (C=O) groups excluding carboxylic acids is 1. The van der Waals surface area contributed by atoms with Crippen LogP contribution in [0.3, 0.4) is 0 Å². The number of amides is 1. The Morgan fingerprint density at radius 1 is 1.21 bits per heavy atom. The van der Waals surface area contributed by atoms with E-state index in [1.807, 2.05) is 13.8 Å². The standard InChI is InChI=1S/C19H22N4O4S2/c1-3-23-17(13-29(25,26)16-8-6-14(2)7-9-16)21-22-19(23)28-12-18(24)20-11-15-5-4-10-27-15/h4-10H,3,11-13H2,1-2H3,(H,20,24). The van der Waals surface area contributed by atoms with E-state index in [1.165, 1.54) is 11.8 Å². The molecule has 3 rings (SSSR count). The fourth-order valence-corrected chi connectivity index (χ4v) is 4.75. The Morgan fingerprint density at radius 3 is 2.62 bits per heavy atom. The number of benzene rings is 1. The van der Waals surface area contributed by atoms with Crippen LogP contribution in [0.15, 0.2) is 57.1 Å². The Hall–Kier alpha value is -2.59. The molecule has 1 aromatic carbocycles. The number of nitrogens with one attached hydrogen (secondary N) is 1. The lowest BCUT2D eigenvalue weighted by atomic mass is 10.2. The number of carbonyl (C=O) groups is 1. The van der Waals surface area contributed by atoms with Gasteiger partial charge < -0.3 is 14.3 Å². The molecule has 0 radical (unpaired) electrons. The Labute approximate surface area is 173 Å². The summed E-state index contributed by atoms with van der Waals surface area (Å²) in [5.41, 5.74) is 0.990. The summed E-state index contributed by atoms with van der Waals surface area (Å²) in [5, 5.41) is 11.4. The molecule has 0 saturated heterocycles. The lowest BCUT2D eigenvalue weighted by molar-refractivity contribution is -0.118. The summed E-state index contributed by atoms with van der Waals surface area (Å²) in [6.07, 6.45) is 1.55. The van der Waals surface area contributed by atoms with Gasteiger partial charge in [0, 0.05) is 6.54 Å². The molecule has 29 heavy (non-hydrogen) atoms. The van der Waals surface area contributed by atoms with Crippen molar-refractivity contribution >= 4 is 27.5 Å². The Kier molecular flexibility index (Phi) is 6.75. The molecule has 0 atom stereocenters. The van der Waals surface area contributed by atoms with Crippen molar-refractivity contribution in [3.8, 4) is 0 Å². The molecule has 0 aliphatic heterocycles. The average molecular weight is 435 g/mol. The van der Waals surface area contributed by atoms with E-state index < -0.39 is 9.84 Å². The largest absolute Gasteiger partial charge is 0.467 e. The number of thioether (sulfide) groups is 1. The smallest absolute Gasteiger partial charge is 0.230 e. The molecular formula is C19H22N4O4S2. The highest BCUT2D eigenvalue weighted by Gasteiger charge is 2.21. The number of nitrogens with zero attached hydrogens (tertiary/aromatic N) is 3. The lowest BCUT2D eigenvalue weighted by Gasteiger charge is -2.08. The number of hydrogen-bond donors (Lipinski definition) is 1. The molecule has 3 aromatic rings. The first-order valence-corrected chi connectivity index (χ1v) is 11.7. The van der Waals surface area contributed by atoms with Crippen LogP contribution in [0.5, 0.6) is 0 Å². The fourth-order valence-electron chi connectivity index (χ4n) is 2.63. The van der Waals surface area contributed by atoms with Crippen molar-refractivity contribution in [1.82, 2.24) is 20.1 Å². The van der Waals surface area contributed by atoms with Crippen molar-refractivity contribution in [2.45, 2.75) is 42.7 Å². The van der Waals surface area contributed by atoms with Crippen LogP contribution in [0.4, 0.5) is 0 Å². The van der Waals surface area contributed by atoms with Gasteiger partial charge in [0.2, 0.25) is 5.91 Å². The van der Waals surface area contributed by atoms with Crippen LogP contribution in [0.1, 0.15) is 24.1 Å². The van der Waals surface area contributed by atoms with Gasteiger partial charge in [0.05, 0.1) is 23.5 Å². The molecule has 10 heteroatoms. The van der Waals surface area contributed by atoms with E-state index >= 15 is 0 Å². The topological polar surface area (TPSA) is 107 Å². The van der Waals surface area contributed by atoms with Gasteiger partial charge in [-0.3, -0.25) is 4.79 Å². The monoisotopic (exact) mass is 434 g/mol. The summed E-state index contributed by atoms with van der Waals surface area (Å²) in [4.78, 5) is 12.3. The van der Waals surface area contributed by atoms with E-state index in [4.69, 9.17) is 4.42 Å². The molecule has 0 aliphatic rings. The van der Waals surface area contributed by atoms with Gasteiger partial charge in [-0.1, -0.05) is 29.5 Å². The van der Waals surface area contributed by atoms with Crippen molar-refractivity contribution in [2.24, 2.45) is 0 Å². The van der Waals surface area contributed by atoms with Gasteiger partial charge in [-0.25, -0.2) is 8.42 Å². The molecule has 1 amide bonds. The first-order valence-electron chi connectivity index (χ1n) is 9.02. The number of sulfone groups is 1. The molecule has 0 saturated carbocycles. The third kappa shape index (κ3) is 5.48. The molecule has 0 aliphatic carbocycles. The maximum absolute atomic E-state index is 12.7. The third-order valence-corrected chi connectivity index (χ3v) is 6.78. The van der Waals surface area contributed by atoms with Crippen molar-refractivity contribution in [3.05, 3.63) is 59.8 Å². The van der Waals surface area contributed by atoms with E-state index in [0.29, 0.717) is 29.8 Å². The van der Waals surface area contributed by atoms with Crippen LogP contribution >= 0.6 is 11.8 Å². The predicted octanol–water partition coefficient (Wildman–Crippen LogP) is 2.58. The average Bonchev–Trinajstić information content (AvgIpc) is 3.34. The summed E-state index contributed by atoms with van der Waals surface area (Å²) >= 11 is 1.21. The van der Waals surface area contributed by atoms with Gasteiger partial charge in [-0.15, -0.1) is 10.2 Å². The maximum atomic E-state index is 12.7. The van der Waals surface area contributed by atoms with E-state index in [9.17, 15) is 13.2 Å². The highest BCUT2D eigenvalue weighted by Crippen LogP contribution is 2.21. The Morgan fingerprint density at radius 2 is 1.97 bits per heavy atom. The molecule has 8 nitrogen and oxygen atoms in total. The minimum Gasteiger partial charge on any atom is -0.467 e. The van der Waals surface area contributed by atoms with Crippen LogP contribution in [-0.4, -0.2) is 34.8 Å². The van der Waals surface area contributed by atoms with Crippen LogP contribution in [0.2, 0.25) is 0 Å². The summed E-state index contributed by atoms with van der Waals surface area (Å²) in [6, 6.07) is 10.3. The molecule has 0 unspecified atom stereocenters. The first kappa shape index (κ1) is 21.1. The van der Waals surface area contributed by atoms with E-state index in [1.54, 1.807) is 47.2 Å². The van der Waals surface area contributed by atoms with Crippen molar-refractivity contribution < 1.29 is 17.6 Å².